The Morgan fingerprint density at radius 2 is 0.721 bits per heavy atom. The zero-order valence-electron chi connectivity index (χ0n) is 20.5. The second kappa shape index (κ2) is 17.7. The molecule has 6 nitrogen and oxygen atoms in total. The molecule has 0 atom stereocenters. The zero-order valence-corrected chi connectivity index (χ0v) is 25.6. The molecule has 0 amide bonds. The number of hydrogen-bond acceptors (Lipinski definition) is 9. The maximum Gasteiger partial charge on any atom is 0.454 e. The third-order valence-corrected chi connectivity index (χ3v) is 6.64. The maximum atomic E-state index is 11.7. The van der Waals surface area contributed by atoms with Crippen molar-refractivity contribution in [2.75, 3.05) is 0 Å². The van der Waals surface area contributed by atoms with E-state index in [-0.39, 0.29) is 73.2 Å². The maximum absolute atomic E-state index is 11.7. The predicted octanol–water partition coefficient (Wildman–Crippen LogP) is 8.34. The Morgan fingerprint density at radius 3 is 0.860 bits per heavy atom. The molecule has 43 heavy (non-hydrogen) atoms. The summed E-state index contributed by atoms with van der Waals surface area (Å²) in [7, 11) is 0. The molecule has 0 aliphatic heterocycles. The van der Waals surface area contributed by atoms with E-state index in [0.717, 1.165) is 34.0 Å². The van der Waals surface area contributed by atoms with Crippen molar-refractivity contribution in [3.63, 3.8) is 0 Å². The smallest absolute Gasteiger partial charge is 0.454 e. The summed E-state index contributed by atoms with van der Waals surface area (Å²) in [5, 5.41) is 32.0. The van der Waals surface area contributed by atoms with Gasteiger partial charge in [-0.1, -0.05) is 18.2 Å². The fraction of sp³-hybridized carbons (Fsp3) is 0.125. The SMILES string of the molecule is O=C(/C=C(\O)c1cccs1)C(F)(F)F.O=C(/C=C(\O)c1cccs1)C(F)(F)F.O=C(/C=C(\O)c1cccs1)C(F)(F)F.[Sm]. The predicted molar refractivity (Wildman–Crippen MR) is 138 cm³/mol. The summed E-state index contributed by atoms with van der Waals surface area (Å²) in [6.45, 7) is 0. The standard InChI is InChI=1S/3C8H5F3O2S.Sm/c3*9-8(10,11)7(13)4-5(12)6-2-1-3-14-6;/h3*1-4,12H;/b3*5-4-;. The largest absolute Gasteiger partial charge is 0.506 e. The summed E-state index contributed by atoms with van der Waals surface area (Å²) in [5.74, 6) is -8.19. The van der Waals surface area contributed by atoms with Crippen LogP contribution in [0.4, 0.5) is 39.5 Å². The number of alkyl halides is 9. The van der Waals surface area contributed by atoms with Crippen LogP contribution >= 0.6 is 34.0 Å². The monoisotopic (exact) mass is 818 g/mol. The Morgan fingerprint density at radius 1 is 0.512 bits per heavy atom. The van der Waals surface area contributed by atoms with Gasteiger partial charge in [-0.05, 0) is 34.3 Å². The van der Waals surface area contributed by atoms with Crippen LogP contribution in [0.3, 0.4) is 0 Å². The summed E-state index contributed by atoms with van der Waals surface area (Å²) >= 11 is 3.14. The number of halogens is 9. The fourth-order valence-corrected chi connectivity index (χ4v) is 4.03. The Balaban J connectivity index is 0.000000608. The van der Waals surface area contributed by atoms with Gasteiger partial charge >= 0.3 is 18.5 Å². The van der Waals surface area contributed by atoms with Gasteiger partial charge in [0.05, 0.1) is 14.6 Å². The number of thiophene rings is 3. The minimum Gasteiger partial charge on any atom is -0.506 e. The van der Waals surface area contributed by atoms with Crippen molar-refractivity contribution in [3.05, 3.63) is 85.4 Å². The molecule has 0 aliphatic rings. The molecule has 0 spiro atoms. The number of hydrogen-bond donors (Lipinski definition) is 3. The number of aliphatic hydroxyl groups excluding tert-OH is 3. The first kappa shape index (κ1) is 40.4. The van der Waals surface area contributed by atoms with Crippen LogP contribution in [-0.4, -0.2) is 51.2 Å². The molecule has 0 saturated heterocycles. The van der Waals surface area contributed by atoms with Gasteiger partial charge in [0, 0.05) is 58.6 Å². The van der Waals surface area contributed by atoms with E-state index in [4.69, 9.17) is 15.3 Å². The van der Waals surface area contributed by atoms with Gasteiger partial charge < -0.3 is 15.3 Å². The summed E-state index contributed by atoms with van der Waals surface area (Å²) in [6.07, 6.45) is -14.3. The Hall–Kier alpha value is -2.56. The number of ketones is 3. The molecule has 19 heteroatoms. The van der Waals surface area contributed by atoms with Crippen LogP contribution in [0.5, 0.6) is 0 Å². The normalized spacial score (nSPS) is 12.6. The average molecular weight is 817 g/mol. The van der Waals surface area contributed by atoms with Gasteiger partial charge in [0.1, 0.15) is 17.3 Å². The molecule has 0 saturated carbocycles. The first-order chi connectivity index (χ1) is 19.2. The van der Waals surface area contributed by atoms with E-state index in [1.807, 2.05) is 0 Å². The molecule has 0 unspecified atom stereocenters. The first-order valence-electron chi connectivity index (χ1n) is 10.4. The van der Waals surface area contributed by atoms with Gasteiger partial charge in [-0.15, -0.1) is 34.0 Å². The van der Waals surface area contributed by atoms with E-state index >= 15 is 0 Å². The van der Waals surface area contributed by atoms with Crippen LogP contribution < -0.4 is 0 Å². The van der Waals surface area contributed by atoms with E-state index in [2.05, 4.69) is 0 Å². The van der Waals surface area contributed by atoms with Crippen LogP contribution in [0.2, 0.25) is 0 Å². The van der Waals surface area contributed by atoms with Crippen molar-refractivity contribution in [2.24, 2.45) is 0 Å². The number of allylic oxidation sites excluding steroid dienone is 3. The third kappa shape index (κ3) is 15.1. The molecule has 0 radical (unpaired) electrons. The van der Waals surface area contributed by atoms with Crippen LogP contribution in [0, 0.1) is 40.4 Å². The first-order valence-corrected chi connectivity index (χ1v) is 13.0. The molecule has 3 aromatic rings. The fourth-order valence-electron chi connectivity index (χ4n) is 2.10. The minimum atomic E-state index is -4.94. The molecule has 0 aliphatic carbocycles. The van der Waals surface area contributed by atoms with Gasteiger partial charge in [-0.3, -0.25) is 14.4 Å². The van der Waals surface area contributed by atoms with Crippen LogP contribution in [-0.2, 0) is 14.4 Å². The quantitative estimate of drug-likeness (QED) is 0.131. The molecule has 234 valence electrons. The van der Waals surface area contributed by atoms with Crippen molar-refractivity contribution in [1.82, 2.24) is 0 Å². The van der Waals surface area contributed by atoms with Gasteiger partial charge in [0.25, 0.3) is 17.3 Å². The summed E-state index contributed by atoms with van der Waals surface area (Å²) < 4.78 is 106. The second-order valence-electron chi connectivity index (χ2n) is 7.11. The van der Waals surface area contributed by atoms with Crippen LogP contribution in [0.1, 0.15) is 14.6 Å². The number of carbonyl (C=O) groups excluding carboxylic acids is 3. The van der Waals surface area contributed by atoms with Crippen LogP contribution in [0.25, 0.3) is 17.3 Å². The zero-order chi connectivity index (χ0) is 32.3. The van der Waals surface area contributed by atoms with Gasteiger partial charge in [-0.25, -0.2) is 0 Å². The van der Waals surface area contributed by atoms with Gasteiger partial charge in [0.2, 0.25) is 0 Å². The molecule has 0 fully saturated rings. The van der Waals surface area contributed by atoms with Gasteiger partial charge in [0.15, 0.2) is 0 Å². The van der Waals surface area contributed by atoms with E-state index in [1.165, 1.54) is 18.2 Å². The summed E-state index contributed by atoms with van der Waals surface area (Å²) in [6, 6.07) is 8.92. The van der Waals surface area contributed by atoms with Gasteiger partial charge in [-0.2, -0.15) is 39.5 Å². The number of aliphatic hydroxyl groups is 3. The molecule has 3 aromatic heterocycles. The Labute approximate surface area is 280 Å². The van der Waals surface area contributed by atoms with Crippen molar-refractivity contribution >= 4 is 68.6 Å². The Kier molecular flexibility index (Phi) is 16.6. The molecule has 0 aromatic carbocycles. The van der Waals surface area contributed by atoms with Crippen molar-refractivity contribution in [3.8, 4) is 0 Å². The second-order valence-corrected chi connectivity index (χ2v) is 9.95. The van der Waals surface area contributed by atoms with Crippen molar-refractivity contribution in [1.29, 1.82) is 0 Å². The van der Waals surface area contributed by atoms with E-state index < -0.39 is 53.2 Å². The van der Waals surface area contributed by atoms with Crippen molar-refractivity contribution in [2.45, 2.75) is 18.5 Å². The molecule has 3 rings (SSSR count). The van der Waals surface area contributed by atoms with E-state index in [9.17, 15) is 53.9 Å². The van der Waals surface area contributed by atoms with E-state index in [0.29, 0.717) is 0 Å². The van der Waals surface area contributed by atoms with Crippen LogP contribution in [0.15, 0.2) is 70.8 Å². The molecular formula is C24H15F9O6S3Sm. The summed E-state index contributed by atoms with van der Waals surface area (Å²) in [4.78, 5) is 31.9. The minimum absolute atomic E-state index is 0. The van der Waals surface area contributed by atoms with E-state index in [1.54, 1.807) is 34.3 Å². The number of carbonyl (C=O) groups is 3. The topological polar surface area (TPSA) is 112 Å². The average Bonchev–Trinajstić information content (AvgIpc) is 3.66. The molecule has 3 N–H and O–H groups in total. The van der Waals surface area contributed by atoms with Crippen molar-refractivity contribution < 1.29 is 110 Å². The third-order valence-electron chi connectivity index (χ3n) is 3.96. The number of rotatable bonds is 6. The Bertz CT molecular complexity index is 1230. The molecule has 3 heterocycles. The molecular weight excluding hydrogens is 802 g/mol. The molecule has 0 bridgehead atoms. The summed E-state index contributed by atoms with van der Waals surface area (Å²) in [5.41, 5.74) is 0.